The molecule has 158 valence electrons. The van der Waals surface area contributed by atoms with Crippen LogP contribution in [0.1, 0.15) is 36.2 Å². The monoisotopic (exact) mass is 436 g/mol. The number of thiazole rings is 1. The van der Waals surface area contributed by atoms with E-state index in [4.69, 9.17) is 4.74 Å². The van der Waals surface area contributed by atoms with Crippen LogP contribution in [0.5, 0.6) is 0 Å². The Bertz CT molecular complexity index is 974. The average Bonchev–Trinajstić information content (AvgIpc) is 3.10. The van der Waals surface area contributed by atoms with Gasteiger partial charge < -0.3 is 10.1 Å². The topological polar surface area (TPSA) is 75.9 Å². The van der Waals surface area contributed by atoms with E-state index < -0.39 is 29.8 Å². The lowest BCUT2D eigenvalue weighted by Crippen LogP contribution is -2.41. The van der Waals surface area contributed by atoms with Gasteiger partial charge in [-0.2, -0.15) is 10.2 Å². The number of ether oxygens (including phenoxy) is 1. The first-order chi connectivity index (χ1) is 14.5. The van der Waals surface area contributed by atoms with Gasteiger partial charge in [0, 0.05) is 18.0 Å². The number of halogens is 3. The average molecular weight is 436 g/mol. The van der Waals surface area contributed by atoms with E-state index in [1.54, 1.807) is 0 Å². The number of rotatable bonds is 4. The first-order valence-corrected chi connectivity index (χ1v) is 10.5. The number of carbonyl (C=O) groups excluding carboxylic acids is 1. The van der Waals surface area contributed by atoms with Crippen molar-refractivity contribution in [3.8, 4) is 10.6 Å². The second-order valence-electron chi connectivity index (χ2n) is 7.12. The lowest BCUT2D eigenvalue weighted by molar-refractivity contribution is 0.0660. The Kier molecular flexibility index (Phi) is 6.24. The van der Waals surface area contributed by atoms with Crippen LogP contribution in [0.15, 0.2) is 33.8 Å². The van der Waals surface area contributed by atoms with Gasteiger partial charge in [-0.15, -0.1) is 11.3 Å². The number of nitrogens with one attached hydrogen (secondary N) is 1. The van der Waals surface area contributed by atoms with Gasteiger partial charge in [0.15, 0.2) is 0 Å². The molecule has 10 heteroatoms. The van der Waals surface area contributed by atoms with Crippen LogP contribution in [0.4, 0.5) is 13.2 Å². The van der Waals surface area contributed by atoms with Crippen LogP contribution in [0.3, 0.4) is 0 Å². The normalized spacial score (nSPS) is 24.2. The van der Waals surface area contributed by atoms with Crippen LogP contribution in [0.2, 0.25) is 0 Å². The summed E-state index contributed by atoms with van der Waals surface area (Å²) in [6, 6.07) is 3.11. The fourth-order valence-corrected chi connectivity index (χ4v) is 4.25. The highest BCUT2D eigenvalue weighted by atomic mass is 32.1. The molecule has 2 aliphatic heterocycles. The largest absolute Gasteiger partial charge is 0.369 e. The molecule has 3 unspecified atom stereocenters. The van der Waals surface area contributed by atoms with Gasteiger partial charge in [-0.1, -0.05) is 6.07 Å². The zero-order valence-electron chi connectivity index (χ0n) is 15.9. The molecule has 0 spiro atoms. The molecule has 4 rings (SSSR count). The Morgan fingerprint density at radius 1 is 1.23 bits per heavy atom. The van der Waals surface area contributed by atoms with E-state index in [-0.39, 0.29) is 29.0 Å². The summed E-state index contributed by atoms with van der Waals surface area (Å²) in [7, 11) is 0. The van der Waals surface area contributed by atoms with E-state index in [1.165, 1.54) is 17.7 Å². The van der Waals surface area contributed by atoms with E-state index in [1.807, 2.05) is 0 Å². The first-order valence-electron chi connectivity index (χ1n) is 9.57. The molecule has 3 heterocycles. The predicted octanol–water partition coefficient (Wildman–Crippen LogP) is 3.92. The van der Waals surface area contributed by atoms with E-state index in [2.05, 4.69) is 20.5 Å². The van der Waals surface area contributed by atoms with Gasteiger partial charge >= 0.3 is 0 Å². The van der Waals surface area contributed by atoms with Crippen molar-refractivity contribution < 1.29 is 22.7 Å². The summed E-state index contributed by atoms with van der Waals surface area (Å²) < 4.78 is 47.0. The third-order valence-corrected chi connectivity index (χ3v) is 5.79. The molecule has 1 aromatic carbocycles. The smallest absolute Gasteiger partial charge is 0.271 e. The zero-order chi connectivity index (χ0) is 21.1. The highest BCUT2D eigenvalue weighted by molar-refractivity contribution is 7.13. The second-order valence-corrected chi connectivity index (χ2v) is 7.98. The number of hydrogen-bond acceptors (Lipinski definition) is 6. The van der Waals surface area contributed by atoms with Crippen LogP contribution >= 0.6 is 11.3 Å². The molecule has 6 nitrogen and oxygen atoms in total. The molecule has 1 aromatic heterocycles. The Balaban J connectivity index is 1.41. The van der Waals surface area contributed by atoms with Crippen LogP contribution in [0.25, 0.3) is 10.6 Å². The number of alkyl halides is 1. The summed E-state index contributed by atoms with van der Waals surface area (Å²) in [6.45, 7) is 0.0264. The highest BCUT2D eigenvalue weighted by Gasteiger charge is 2.27. The second kappa shape index (κ2) is 9.05. The van der Waals surface area contributed by atoms with Gasteiger partial charge in [0.2, 0.25) is 0 Å². The number of aromatic nitrogens is 1. The maximum absolute atomic E-state index is 14.0. The lowest BCUT2D eigenvalue weighted by Gasteiger charge is -2.22. The zero-order valence-corrected chi connectivity index (χ0v) is 16.7. The van der Waals surface area contributed by atoms with Crippen molar-refractivity contribution in [1.82, 2.24) is 10.3 Å². The third kappa shape index (κ3) is 4.59. The summed E-state index contributed by atoms with van der Waals surface area (Å²) in [5, 5.41) is 12.4. The fraction of sp³-hybridized carbons (Fsp3) is 0.400. The molecule has 0 bridgehead atoms. The number of carbonyl (C=O) groups is 1. The van der Waals surface area contributed by atoms with Crippen molar-refractivity contribution in [2.45, 2.75) is 44.0 Å². The van der Waals surface area contributed by atoms with E-state index in [9.17, 15) is 18.0 Å². The molecular weight excluding hydrogens is 417 g/mol. The molecule has 1 N–H and O–H groups in total. The van der Waals surface area contributed by atoms with Crippen molar-refractivity contribution in [2.75, 3.05) is 6.61 Å². The van der Waals surface area contributed by atoms with Gasteiger partial charge in [0.25, 0.3) is 5.91 Å². The molecular formula is C20H19F3N4O2S. The summed E-state index contributed by atoms with van der Waals surface area (Å²) in [4.78, 5) is 16.7. The molecule has 1 amide bonds. The Morgan fingerprint density at radius 3 is 2.83 bits per heavy atom. The number of amides is 1. The van der Waals surface area contributed by atoms with Crippen molar-refractivity contribution >= 4 is 29.2 Å². The van der Waals surface area contributed by atoms with E-state index >= 15 is 0 Å². The molecule has 1 fully saturated rings. The van der Waals surface area contributed by atoms with E-state index in [0.29, 0.717) is 31.4 Å². The molecule has 1 saturated heterocycles. The Morgan fingerprint density at radius 2 is 2.03 bits per heavy atom. The summed E-state index contributed by atoms with van der Waals surface area (Å²) in [5.41, 5.74) is 0.456. The minimum absolute atomic E-state index is 0.0264. The maximum Gasteiger partial charge on any atom is 0.271 e. The molecule has 3 atom stereocenters. The summed E-state index contributed by atoms with van der Waals surface area (Å²) in [6.07, 6.45) is 2.39. The predicted molar refractivity (Wildman–Crippen MR) is 108 cm³/mol. The van der Waals surface area contributed by atoms with Crippen LogP contribution in [-0.2, 0) is 4.74 Å². The molecule has 2 aromatic rings. The van der Waals surface area contributed by atoms with Gasteiger partial charge in [0.1, 0.15) is 28.5 Å². The number of nitrogens with zero attached hydrogens (tertiary/aromatic N) is 3. The van der Waals surface area contributed by atoms with Gasteiger partial charge in [-0.25, -0.2) is 18.2 Å². The standard InChI is InChI=1S/C20H19F3N4O2S/c21-11-3-1-6-17(29-9-11)15-7-12(8-24-27-15)25-19(28)16-10-30-20(26-16)18-13(22)4-2-5-14(18)23/h2,4-5,8,10-12,17H,1,3,6-7,9H2,(H,25,28). The van der Waals surface area contributed by atoms with Crippen LogP contribution < -0.4 is 5.32 Å². The van der Waals surface area contributed by atoms with E-state index in [0.717, 1.165) is 23.5 Å². The molecule has 0 saturated carbocycles. The number of benzene rings is 1. The molecule has 0 radical (unpaired) electrons. The first kappa shape index (κ1) is 20.7. The van der Waals surface area contributed by atoms with Crippen LogP contribution in [0, 0.1) is 11.6 Å². The Hall–Kier alpha value is -2.59. The molecule has 30 heavy (non-hydrogen) atoms. The minimum Gasteiger partial charge on any atom is -0.369 e. The minimum atomic E-state index is -0.976. The number of hydrogen-bond donors (Lipinski definition) is 1. The van der Waals surface area contributed by atoms with Gasteiger partial charge in [-0.3, -0.25) is 4.79 Å². The molecule has 2 aliphatic rings. The highest BCUT2D eigenvalue weighted by Crippen LogP contribution is 2.29. The SMILES string of the molecule is O=C(NC1C=NN=C(C2CCCC(F)CO2)C1)c1csc(-c2c(F)cccc2F)n1. The fourth-order valence-electron chi connectivity index (χ4n) is 3.40. The van der Waals surface area contributed by atoms with Gasteiger partial charge in [-0.05, 0) is 31.4 Å². The molecule has 0 aliphatic carbocycles. The van der Waals surface area contributed by atoms with Gasteiger partial charge in [0.05, 0.1) is 30.0 Å². The third-order valence-electron chi connectivity index (χ3n) is 4.93. The Labute approximate surface area is 174 Å². The van der Waals surface area contributed by atoms with Crippen molar-refractivity contribution in [2.24, 2.45) is 10.2 Å². The van der Waals surface area contributed by atoms with Crippen LogP contribution in [-0.4, -0.2) is 47.7 Å². The van der Waals surface area contributed by atoms with Crippen molar-refractivity contribution in [1.29, 1.82) is 0 Å². The lowest BCUT2D eigenvalue weighted by atomic mass is 10.0. The summed E-state index contributed by atoms with van der Waals surface area (Å²) >= 11 is 0.982. The van der Waals surface area contributed by atoms with Crippen molar-refractivity contribution in [3.05, 3.63) is 40.9 Å². The van der Waals surface area contributed by atoms with Crippen molar-refractivity contribution in [3.63, 3.8) is 0 Å². The summed E-state index contributed by atoms with van der Waals surface area (Å²) in [5.74, 6) is -1.97. The quantitative estimate of drug-likeness (QED) is 0.789. The maximum atomic E-state index is 14.0.